The van der Waals surface area contributed by atoms with E-state index in [1.807, 2.05) is 6.20 Å². The van der Waals surface area contributed by atoms with E-state index in [1.165, 1.54) is 12.1 Å². The number of nitrogens with zero attached hydrogens (tertiary/aromatic N) is 3. The molecule has 5 nitrogen and oxygen atoms in total. The highest BCUT2D eigenvalue weighted by atomic mass is 19.1. The molecule has 0 bridgehead atoms. The van der Waals surface area contributed by atoms with Gasteiger partial charge in [0, 0.05) is 32.2 Å². The fraction of sp³-hybridized carbons (Fsp3) is 0.385. The van der Waals surface area contributed by atoms with Crippen LogP contribution in [0.25, 0.3) is 0 Å². The summed E-state index contributed by atoms with van der Waals surface area (Å²) in [5, 5.41) is 16.6. The highest BCUT2D eigenvalue weighted by Gasteiger charge is 2.00. The van der Waals surface area contributed by atoms with Gasteiger partial charge in [-0.25, -0.2) is 4.39 Å². The summed E-state index contributed by atoms with van der Waals surface area (Å²) >= 11 is 0. The maximum absolute atomic E-state index is 12.7. The fourth-order valence-corrected chi connectivity index (χ4v) is 1.62. The molecule has 0 aliphatic carbocycles. The third-order valence-electron chi connectivity index (χ3n) is 2.57. The van der Waals surface area contributed by atoms with E-state index < -0.39 is 0 Å². The van der Waals surface area contributed by atoms with E-state index in [2.05, 4.69) is 10.3 Å². The van der Waals surface area contributed by atoms with E-state index >= 15 is 0 Å². The summed E-state index contributed by atoms with van der Waals surface area (Å²) in [5.74, 6) is 0.382. The average molecular weight is 265 g/mol. The second-order valence-corrected chi connectivity index (χ2v) is 4.10. The Kier molecular flexibility index (Phi) is 4.85. The molecule has 0 aliphatic heterocycles. The second kappa shape index (κ2) is 6.84. The molecule has 2 rings (SSSR count). The van der Waals surface area contributed by atoms with Crippen molar-refractivity contribution in [2.45, 2.75) is 19.4 Å². The molecule has 0 fully saturated rings. The molecule has 0 atom stereocenters. The van der Waals surface area contributed by atoms with Crippen molar-refractivity contribution in [3.05, 3.63) is 42.0 Å². The number of ether oxygens (including phenoxy) is 1. The number of aliphatic hydroxyl groups is 1. The lowest BCUT2D eigenvalue weighted by Gasteiger charge is -2.05. The van der Waals surface area contributed by atoms with E-state index in [4.69, 9.17) is 9.84 Å². The predicted molar refractivity (Wildman–Crippen MR) is 67.3 cm³/mol. The quantitative estimate of drug-likeness (QED) is 0.769. The monoisotopic (exact) mass is 265 g/mol. The zero-order valence-corrected chi connectivity index (χ0v) is 10.5. The second-order valence-electron chi connectivity index (χ2n) is 4.10. The van der Waals surface area contributed by atoms with Crippen molar-refractivity contribution in [1.29, 1.82) is 0 Å². The Hall–Kier alpha value is -1.95. The molecule has 0 unspecified atom stereocenters. The Morgan fingerprint density at radius 2 is 2.05 bits per heavy atom. The van der Waals surface area contributed by atoms with Gasteiger partial charge in [0.15, 0.2) is 0 Å². The third-order valence-corrected chi connectivity index (χ3v) is 2.57. The van der Waals surface area contributed by atoms with Crippen LogP contribution in [0.5, 0.6) is 5.75 Å². The van der Waals surface area contributed by atoms with E-state index in [0.717, 1.165) is 12.1 Å². The lowest BCUT2D eigenvalue weighted by molar-refractivity contribution is 0.297. The molecular weight excluding hydrogens is 249 g/mol. The molecule has 19 heavy (non-hydrogen) atoms. The van der Waals surface area contributed by atoms with Crippen LogP contribution in [0.3, 0.4) is 0 Å². The molecule has 1 N–H and O–H groups in total. The first-order valence-corrected chi connectivity index (χ1v) is 6.16. The van der Waals surface area contributed by atoms with Crippen LogP contribution >= 0.6 is 0 Å². The Bertz CT molecular complexity index is 499. The van der Waals surface area contributed by atoms with Gasteiger partial charge in [-0.05, 0) is 24.3 Å². The molecule has 1 aromatic heterocycles. The van der Waals surface area contributed by atoms with Crippen LogP contribution in [0, 0.1) is 5.82 Å². The molecule has 1 aromatic carbocycles. The van der Waals surface area contributed by atoms with Crippen molar-refractivity contribution < 1.29 is 14.2 Å². The van der Waals surface area contributed by atoms with Crippen LogP contribution in [-0.4, -0.2) is 33.3 Å². The van der Waals surface area contributed by atoms with Gasteiger partial charge >= 0.3 is 0 Å². The van der Waals surface area contributed by atoms with Gasteiger partial charge in [-0.3, -0.25) is 4.68 Å². The number of rotatable bonds is 7. The molecule has 2 aromatic rings. The van der Waals surface area contributed by atoms with Gasteiger partial charge in [0.25, 0.3) is 0 Å². The summed E-state index contributed by atoms with van der Waals surface area (Å²) in [4.78, 5) is 0. The molecule has 0 saturated carbocycles. The number of aliphatic hydroxyl groups excluding tert-OH is 1. The van der Waals surface area contributed by atoms with Crippen LogP contribution in [0.15, 0.2) is 30.5 Å². The predicted octanol–water partition coefficient (Wildman–Crippen LogP) is 1.42. The summed E-state index contributed by atoms with van der Waals surface area (Å²) in [6.07, 6.45) is 3.11. The van der Waals surface area contributed by atoms with Gasteiger partial charge in [-0.15, -0.1) is 5.10 Å². The number of aromatic nitrogens is 3. The molecule has 6 heteroatoms. The van der Waals surface area contributed by atoms with Crippen molar-refractivity contribution >= 4 is 0 Å². The fourth-order valence-electron chi connectivity index (χ4n) is 1.62. The Labute approximate surface area is 110 Å². The van der Waals surface area contributed by atoms with Gasteiger partial charge in [0.1, 0.15) is 11.6 Å². The highest BCUT2D eigenvalue weighted by molar-refractivity contribution is 5.21. The maximum Gasteiger partial charge on any atom is 0.123 e. The first-order valence-electron chi connectivity index (χ1n) is 6.16. The normalized spacial score (nSPS) is 10.6. The molecular formula is C13H16FN3O2. The third kappa shape index (κ3) is 4.33. The van der Waals surface area contributed by atoms with E-state index in [0.29, 0.717) is 25.3 Å². The van der Waals surface area contributed by atoms with Crippen molar-refractivity contribution in [3.63, 3.8) is 0 Å². The molecule has 1 heterocycles. The van der Waals surface area contributed by atoms with E-state index in [9.17, 15) is 4.39 Å². The van der Waals surface area contributed by atoms with Gasteiger partial charge < -0.3 is 9.84 Å². The van der Waals surface area contributed by atoms with Crippen LogP contribution in [-0.2, 0) is 13.0 Å². The molecule has 102 valence electrons. The Morgan fingerprint density at radius 1 is 1.26 bits per heavy atom. The number of benzene rings is 1. The molecule has 0 amide bonds. The molecule has 0 aliphatic rings. The molecule has 0 radical (unpaired) electrons. The first-order chi connectivity index (χ1) is 9.28. The van der Waals surface area contributed by atoms with E-state index in [1.54, 1.807) is 16.8 Å². The zero-order valence-electron chi connectivity index (χ0n) is 10.5. The van der Waals surface area contributed by atoms with E-state index in [-0.39, 0.29) is 12.4 Å². The number of halogens is 1. The van der Waals surface area contributed by atoms with Crippen LogP contribution in [0.4, 0.5) is 4.39 Å². The highest BCUT2D eigenvalue weighted by Crippen LogP contribution is 2.11. The van der Waals surface area contributed by atoms with Crippen molar-refractivity contribution in [1.82, 2.24) is 15.0 Å². The van der Waals surface area contributed by atoms with Crippen molar-refractivity contribution in [2.75, 3.05) is 13.2 Å². The lowest BCUT2D eigenvalue weighted by Crippen LogP contribution is -2.05. The number of aryl methyl sites for hydroxylation is 1. The average Bonchev–Trinajstić information content (AvgIpc) is 2.85. The summed E-state index contributed by atoms with van der Waals surface area (Å²) < 4.78 is 19.9. The minimum Gasteiger partial charge on any atom is -0.494 e. The summed E-state index contributed by atoms with van der Waals surface area (Å²) in [5.41, 5.74) is 0.780. The van der Waals surface area contributed by atoms with Gasteiger partial charge in [0.05, 0.1) is 12.3 Å². The minimum atomic E-state index is -0.272. The summed E-state index contributed by atoms with van der Waals surface area (Å²) in [6.45, 7) is 1.30. The largest absolute Gasteiger partial charge is 0.494 e. The summed E-state index contributed by atoms with van der Waals surface area (Å²) in [6, 6.07) is 5.94. The van der Waals surface area contributed by atoms with Crippen LogP contribution in [0.1, 0.15) is 12.1 Å². The van der Waals surface area contributed by atoms with Crippen LogP contribution in [0.2, 0.25) is 0 Å². The van der Waals surface area contributed by atoms with Gasteiger partial charge in [-0.2, -0.15) is 0 Å². The SMILES string of the molecule is OCCc1cn(CCCOc2ccc(F)cc2)nn1. The first kappa shape index (κ1) is 13.5. The standard InChI is InChI=1S/C13H16FN3O2/c14-11-2-4-13(5-3-11)19-9-1-7-17-10-12(6-8-18)15-16-17/h2-5,10,18H,1,6-9H2. The van der Waals surface area contributed by atoms with Crippen molar-refractivity contribution in [3.8, 4) is 5.75 Å². The molecule has 0 saturated heterocycles. The van der Waals surface area contributed by atoms with Crippen molar-refractivity contribution in [2.24, 2.45) is 0 Å². The zero-order chi connectivity index (χ0) is 13.5. The lowest BCUT2D eigenvalue weighted by atomic mass is 10.3. The Morgan fingerprint density at radius 3 is 2.79 bits per heavy atom. The smallest absolute Gasteiger partial charge is 0.123 e. The van der Waals surface area contributed by atoms with Gasteiger partial charge in [0.2, 0.25) is 0 Å². The minimum absolute atomic E-state index is 0.0758. The number of hydrogen-bond acceptors (Lipinski definition) is 4. The Balaban J connectivity index is 1.69. The number of hydrogen-bond donors (Lipinski definition) is 1. The molecule has 0 spiro atoms. The maximum atomic E-state index is 12.7. The van der Waals surface area contributed by atoms with Gasteiger partial charge in [-0.1, -0.05) is 5.21 Å². The summed E-state index contributed by atoms with van der Waals surface area (Å²) in [7, 11) is 0. The topological polar surface area (TPSA) is 60.2 Å². The van der Waals surface area contributed by atoms with Crippen LogP contribution < -0.4 is 4.74 Å².